The summed E-state index contributed by atoms with van der Waals surface area (Å²) in [5.74, 6) is -1.02. The highest BCUT2D eigenvalue weighted by molar-refractivity contribution is 6.46. The van der Waals surface area contributed by atoms with Gasteiger partial charge in [0.15, 0.2) is 0 Å². The maximum atomic E-state index is 13.3. The first-order chi connectivity index (χ1) is 16.8. The highest BCUT2D eigenvalue weighted by Gasteiger charge is 2.45. The fourth-order valence-electron chi connectivity index (χ4n) is 4.02. The van der Waals surface area contributed by atoms with Crippen LogP contribution >= 0.6 is 0 Å². The lowest BCUT2D eigenvalue weighted by molar-refractivity contribution is -0.139. The van der Waals surface area contributed by atoms with Gasteiger partial charge in [0, 0.05) is 24.5 Å². The van der Waals surface area contributed by atoms with E-state index < -0.39 is 17.7 Å². The number of hydrogen-bond acceptors (Lipinski definition) is 5. The van der Waals surface area contributed by atoms with E-state index in [9.17, 15) is 19.1 Å². The van der Waals surface area contributed by atoms with Crippen molar-refractivity contribution in [1.82, 2.24) is 9.88 Å². The molecule has 4 rings (SSSR count). The Morgan fingerprint density at radius 2 is 1.80 bits per heavy atom. The fraction of sp³-hybridized carbons (Fsp3) is 0.250. The van der Waals surface area contributed by atoms with E-state index in [1.807, 2.05) is 13.8 Å². The van der Waals surface area contributed by atoms with Gasteiger partial charge >= 0.3 is 0 Å². The molecule has 1 unspecified atom stereocenters. The molecule has 180 valence electrons. The summed E-state index contributed by atoms with van der Waals surface area (Å²) in [5.41, 5.74) is 1.87. The summed E-state index contributed by atoms with van der Waals surface area (Å²) in [6.07, 6.45) is 3.60. The van der Waals surface area contributed by atoms with Crippen molar-refractivity contribution in [2.75, 3.05) is 13.2 Å². The number of carbonyl (C=O) groups excluding carboxylic acids is 2. The van der Waals surface area contributed by atoms with Crippen LogP contribution in [0.5, 0.6) is 5.75 Å². The Morgan fingerprint density at radius 3 is 2.43 bits per heavy atom. The van der Waals surface area contributed by atoms with Gasteiger partial charge in [-0.3, -0.25) is 14.6 Å². The Balaban J connectivity index is 1.67. The van der Waals surface area contributed by atoms with Crippen molar-refractivity contribution < 1.29 is 23.8 Å². The minimum Gasteiger partial charge on any atom is -0.507 e. The predicted molar refractivity (Wildman–Crippen MR) is 130 cm³/mol. The maximum absolute atomic E-state index is 13.3. The van der Waals surface area contributed by atoms with Gasteiger partial charge < -0.3 is 14.7 Å². The van der Waals surface area contributed by atoms with Crippen molar-refractivity contribution in [1.29, 1.82) is 0 Å². The fourth-order valence-corrected chi connectivity index (χ4v) is 4.02. The van der Waals surface area contributed by atoms with Crippen molar-refractivity contribution in [3.05, 3.63) is 101 Å². The summed E-state index contributed by atoms with van der Waals surface area (Å²) < 4.78 is 19.0. The summed E-state index contributed by atoms with van der Waals surface area (Å²) in [7, 11) is 0. The summed E-state index contributed by atoms with van der Waals surface area (Å²) >= 11 is 0. The molecule has 1 aromatic heterocycles. The number of likely N-dealkylation sites (tertiary alicyclic amines) is 1. The topological polar surface area (TPSA) is 79.7 Å². The van der Waals surface area contributed by atoms with Crippen LogP contribution in [0.2, 0.25) is 0 Å². The summed E-state index contributed by atoms with van der Waals surface area (Å²) in [6, 6.07) is 15.5. The molecule has 2 heterocycles. The van der Waals surface area contributed by atoms with E-state index in [0.717, 1.165) is 5.56 Å². The number of nitrogens with zero attached hydrogens (tertiary/aromatic N) is 2. The maximum Gasteiger partial charge on any atom is 0.295 e. The number of aliphatic hydroxyl groups excluding tert-OH is 1. The third-order valence-corrected chi connectivity index (χ3v) is 5.81. The van der Waals surface area contributed by atoms with Crippen molar-refractivity contribution in [2.45, 2.75) is 26.3 Å². The monoisotopic (exact) mass is 474 g/mol. The number of aliphatic hydroxyl groups is 1. The zero-order valence-electron chi connectivity index (χ0n) is 19.6. The number of amides is 1. The smallest absolute Gasteiger partial charge is 0.295 e. The van der Waals surface area contributed by atoms with Crippen molar-refractivity contribution in [3.63, 3.8) is 0 Å². The van der Waals surface area contributed by atoms with Gasteiger partial charge in [0.2, 0.25) is 0 Å². The van der Waals surface area contributed by atoms with Crippen molar-refractivity contribution in [3.8, 4) is 5.75 Å². The second-order valence-electron chi connectivity index (χ2n) is 8.88. The molecular formula is C28H27FN2O4. The van der Waals surface area contributed by atoms with Crippen molar-refractivity contribution in [2.24, 2.45) is 5.92 Å². The first-order valence-corrected chi connectivity index (χ1v) is 11.5. The first-order valence-electron chi connectivity index (χ1n) is 11.5. The Morgan fingerprint density at radius 1 is 1.09 bits per heavy atom. The Labute approximate surface area is 203 Å². The van der Waals surface area contributed by atoms with Gasteiger partial charge in [-0.25, -0.2) is 4.39 Å². The first kappa shape index (κ1) is 24.1. The van der Waals surface area contributed by atoms with Gasteiger partial charge in [0.05, 0.1) is 18.2 Å². The number of pyridine rings is 1. The highest BCUT2D eigenvalue weighted by Crippen LogP contribution is 2.39. The molecule has 0 radical (unpaired) electrons. The number of halogens is 1. The van der Waals surface area contributed by atoms with E-state index in [4.69, 9.17) is 4.74 Å². The second kappa shape index (κ2) is 10.5. The Bertz CT molecular complexity index is 1220. The van der Waals surface area contributed by atoms with Crippen LogP contribution in [0, 0.1) is 11.7 Å². The molecule has 1 aliphatic rings. The molecule has 1 atom stereocenters. The van der Waals surface area contributed by atoms with E-state index in [0.29, 0.717) is 35.8 Å². The molecule has 3 aromatic rings. The molecule has 0 aliphatic carbocycles. The molecule has 0 saturated carbocycles. The molecule has 1 N–H and O–H groups in total. The molecule has 1 aliphatic heterocycles. The van der Waals surface area contributed by atoms with E-state index in [1.165, 1.54) is 17.0 Å². The number of ketones is 1. The van der Waals surface area contributed by atoms with Gasteiger partial charge in [0.25, 0.3) is 11.7 Å². The van der Waals surface area contributed by atoms with E-state index in [2.05, 4.69) is 4.98 Å². The van der Waals surface area contributed by atoms with Gasteiger partial charge in [0.1, 0.15) is 17.3 Å². The molecule has 1 fully saturated rings. The molecule has 1 saturated heterocycles. The van der Waals surface area contributed by atoms with Crippen LogP contribution in [-0.2, 0) is 16.0 Å². The molecule has 2 aromatic carbocycles. The minimum absolute atomic E-state index is 0.0120. The lowest BCUT2D eigenvalue weighted by atomic mass is 9.96. The van der Waals surface area contributed by atoms with Gasteiger partial charge in [-0.1, -0.05) is 32.0 Å². The molecule has 0 spiro atoms. The Hall–Kier alpha value is -4.00. The number of Topliss-reactive ketones (excluding diaryl/α,β-unsaturated/α-hetero) is 1. The summed E-state index contributed by atoms with van der Waals surface area (Å²) in [6.45, 7) is 4.88. The molecule has 0 bridgehead atoms. The largest absolute Gasteiger partial charge is 0.507 e. The van der Waals surface area contributed by atoms with Crippen molar-refractivity contribution >= 4 is 17.4 Å². The van der Waals surface area contributed by atoms with Crippen LogP contribution in [0.4, 0.5) is 4.39 Å². The second-order valence-corrected chi connectivity index (χ2v) is 8.88. The number of aromatic nitrogens is 1. The van der Waals surface area contributed by atoms with Gasteiger partial charge in [-0.2, -0.15) is 0 Å². The predicted octanol–water partition coefficient (Wildman–Crippen LogP) is 4.92. The molecular weight excluding hydrogens is 447 g/mol. The van der Waals surface area contributed by atoms with Crippen LogP contribution in [0.3, 0.4) is 0 Å². The normalized spacial score (nSPS) is 17.3. The highest BCUT2D eigenvalue weighted by atomic mass is 19.1. The lowest BCUT2D eigenvalue weighted by Crippen LogP contribution is -2.31. The SMILES string of the molecule is CC(C)COc1ccc(/C(O)=C2/C(=O)C(=O)N(CCc3ccc(F)cc3)C2c2cccnc2)cc1. The quantitative estimate of drug-likeness (QED) is 0.285. The zero-order chi connectivity index (χ0) is 24.9. The number of benzene rings is 2. The zero-order valence-corrected chi connectivity index (χ0v) is 19.6. The molecule has 7 heteroatoms. The van der Waals surface area contributed by atoms with E-state index in [-0.39, 0.29) is 23.7 Å². The van der Waals surface area contributed by atoms with E-state index in [1.54, 1.807) is 60.9 Å². The van der Waals surface area contributed by atoms with Gasteiger partial charge in [-0.15, -0.1) is 0 Å². The standard InChI is InChI=1S/C28H27FN2O4/c1-18(2)17-35-23-11-7-20(8-12-23)26(32)24-25(21-4-3-14-30-16-21)31(28(34)27(24)33)15-13-19-5-9-22(29)10-6-19/h3-12,14,16,18,25,32H,13,15,17H2,1-2H3/b26-24-. The average Bonchev–Trinajstić information content (AvgIpc) is 3.12. The number of hydrogen-bond donors (Lipinski definition) is 1. The van der Waals surface area contributed by atoms with Crippen LogP contribution in [0.25, 0.3) is 5.76 Å². The average molecular weight is 475 g/mol. The number of ether oxygens (including phenoxy) is 1. The lowest BCUT2D eigenvalue weighted by Gasteiger charge is -2.25. The molecule has 1 amide bonds. The van der Waals surface area contributed by atoms with Gasteiger partial charge in [-0.05, 0) is 65.9 Å². The Kier molecular flexibility index (Phi) is 7.25. The van der Waals surface area contributed by atoms with Crippen LogP contribution < -0.4 is 4.74 Å². The molecule has 35 heavy (non-hydrogen) atoms. The van der Waals surface area contributed by atoms with Crippen LogP contribution in [0.1, 0.15) is 36.6 Å². The number of rotatable bonds is 8. The summed E-state index contributed by atoms with van der Waals surface area (Å²) in [4.78, 5) is 31.7. The number of carbonyl (C=O) groups is 2. The minimum atomic E-state index is -0.791. The summed E-state index contributed by atoms with van der Waals surface area (Å²) in [5, 5.41) is 11.2. The third kappa shape index (κ3) is 5.40. The third-order valence-electron chi connectivity index (χ3n) is 5.81. The van der Waals surface area contributed by atoms with Crippen LogP contribution in [-0.4, -0.2) is 39.8 Å². The van der Waals surface area contributed by atoms with Crippen LogP contribution in [0.15, 0.2) is 78.6 Å². The van der Waals surface area contributed by atoms with E-state index >= 15 is 0 Å². The molecule has 6 nitrogen and oxygen atoms in total.